The molecule has 0 aliphatic heterocycles. The van der Waals surface area contributed by atoms with E-state index in [0.717, 1.165) is 0 Å². The minimum absolute atomic E-state index is 1.23. The fraction of sp³-hybridized carbons (Fsp3) is 0.571. The molecule has 0 unspecified atom stereocenters. The molecule has 0 radical (unpaired) electrons. The van der Waals surface area contributed by atoms with Crippen molar-refractivity contribution in [3.8, 4) is 0 Å². The molecule has 0 nitrogen and oxygen atoms in total. The lowest BCUT2D eigenvalue weighted by Gasteiger charge is -2.11. The molecule has 0 spiro atoms. The van der Waals surface area contributed by atoms with E-state index >= 15 is 0 Å². The van der Waals surface area contributed by atoms with Crippen LogP contribution in [0.15, 0.2) is 34.9 Å². The highest BCUT2D eigenvalue weighted by atomic mass is 14.2. The fourth-order valence-corrected chi connectivity index (χ4v) is 2.53. The normalized spacial score (nSPS) is 23.4. The Morgan fingerprint density at radius 2 is 1.79 bits per heavy atom. The first-order valence-corrected chi connectivity index (χ1v) is 5.91. The zero-order valence-electron chi connectivity index (χ0n) is 9.18. The van der Waals surface area contributed by atoms with Gasteiger partial charge < -0.3 is 0 Å². The van der Waals surface area contributed by atoms with Crippen LogP contribution in [0.4, 0.5) is 0 Å². The van der Waals surface area contributed by atoms with Gasteiger partial charge in [0.05, 0.1) is 0 Å². The molecule has 0 bridgehead atoms. The molecule has 2 rings (SSSR count). The monoisotopic (exact) mass is 188 g/mol. The van der Waals surface area contributed by atoms with E-state index in [4.69, 9.17) is 0 Å². The van der Waals surface area contributed by atoms with Crippen molar-refractivity contribution in [2.24, 2.45) is 0 Å². The van der Waals surface area contributed by atoms with Gasteiger partial charge in [-0.25, -0.2) is 0 Å². The van der Waals surface area contributed by atoms with Gasteiger partial charge in [0.15, 0.2) is 0 Å². The molecule has 0 amide bonds. The first-order chi connectivity index (χ1) is 6.88. The van der Waals surface area contributed by atoms with E-state index < -0.39 is 0 Å². The summed E-state index contributed by atoms with van der Waals surface area (Å²) in [5.41, 5.74) is 5.01. The third kappa shape index (κ3) is 2.17. The summed E-state index contributed by atoms with van der Waals surface area (Å²) < 4.78 is 0. The molecule has 0 saturated heterocycles. The van der Waals surface area contributed by atoms with Crippen LogP contribution in [0.1, 0.15) is 51.9 Å². The number of rotatable bonds is 1. The number of allylic oxidation sites excluding steroid dienone is 6. The van der Waals surface area contributed by atoms with Crippen molar-refractivity contribution < 1.29 is 0 Å². The van der Waals surface area contributed by atoms with E-state index in [1.165, 1.54) is 44.9 Å². The molecule has 76 valence electrons. The zero-order chi connectivity index (χ0) is 9.80. The second-order valence-electron chi connectivity index (χ2n) is 4.43. The molecule has 0 aromatic carbocycles. The highest BCUT2D eigenvalue weighted by Gasteiger charge is 2.14. The molecule has 2 aliphatic rings. The average Bonchev–Trinajstić information content (AvgIpc) is 2.51. The average molecular weight is 188 g/mol. The Balaban J connectivity index is 2.12. The molecule has 2 aliphatic carbocycles. The maximum absolute atomic E-state index is 2.48. The molecule has 0 fully saturated rings. The van der Waals surface area contributed by atoms with Gasteiger partial charge in [-0.3, -0.25) is 0 Å². The van der Waals surface area contributed by atoms with Crippen LogP contribution in [0.3, 0.4) is 0 Å². The summed E-state index contributed by atoms with van der Waals surface area (Å²) in [6.45, 7) is 2.32. The smallest absolute Gasteiger partial charge is 0.0245 e. The lowest BCUT2D eigenvalue weighted by Crippen LogP contribution is -1.91. The summed E-state index contributed by atoms with van der Waals surface area (Å²) >= 11 is 0. The molecule has 0 N–H and O–H groups in total. The maximum Gasteiger partial charge on any atom is -0.0245 e. The fourth-order valence-electron chi connectivity index (χ4n) is 2.53. The molecule has 0 heteroatoms. The predicted molar refractivity (Wildman–Crippen MR) is 62.2 cm³/mol. The second-order valence-corrected chi connectivity index (χ2v) is 4.43. The summed E-state index contributed by atoms with van der Waals surface area (Å²) in [7, 11) is 0. The Morgan fingerprint density at radius 1 is 0.929 bits per heavy atom. The minimum Gasteiger partial charge on any atom is -0.0882 e. The first kappa shape index (κ1) is 9.76. The van der Waals surface area contributed by atoms with Crippen molar-refractivity contribution in [3.63, 3.8) is 0 Å². The summed E-state index contributed by atoms with van der Waals surface area (Å²) in [4.78, 5) is 0. The predicted octanol–water partition coefficient (Wildman–Crippen LogP) is 4.54. The van der Waals surface area contributed by atoms with E-state index in [1.807, 2.05) is 0 Å². The third-order valence-corrected chi connectivity index (χ3v) is 3.35. The van der Waals surface area contributed by atoms with Crippen molar-refractivity contribution in [3.05, 3.63) is 34.9 Å². The van der Waals surface area contributed by atoms with Crippen LogP contribution >= 0.6 is 0 Å². The molecule has 0 aromatic rings. The summed E-state index contributed by atoms with van der Waals surface area (Å²) in [6, 6.07) is 0. The van der Waals surface area contributed by atoms with Gasteiger partial charge in [0.1, 0.15) is 0 Å². The Bertz CT molecular complexity index is 289. The Labute approximate surface area is 87.4 Å². The molecule has 0 aromatic heterocycles. The topological polar surface area (TPSA) is 0 Å². The van der Waals surface area contributed by atoms with E-state index in [2.05, 4.69) is 25.2 Å². The van der Waals surface area contributed by atoms with Crippen molar-refractivity contribution in [1.29, 1.82) is 0 Å². The van der Waals surface area contributed by atoms with Crippen LogP contribution in [0.5, 0.6) is 0 Å². The molecular weight excluding hydrogens is 168 g/mol. The molecule has 0 saturated carbocycles. The molecule has 0 atom stereocenters. The number of hydrogen-bond donors (Lipinski definition) is 0. The van der Waals surface area contributed by atoms with Gasteiger partial charge in [0.2, 0.25) is 0 Å². The van der Waals surface area contributed by atoms with Crippen molar-refractivity contribution >= 4 is 0 Å². The van der Waals surface area contributed by atoms with Gasteiger partial charge in [-0.2, -0.15) is 0 Å². The maximum atomic E-state index is 2.48. The van der Waals surface area contributed by atoms with E-state index in [0.29, 0.717) is 0 Å². The summed E-state index contributed by atoms with van der Waals surface area (Å²) in [6.07, 6.45) is 16.2. The standard InChI is InChI=1S/C14H20/c1-12-8-7-11-14(12)13-9-5-3-2-4-6-10-13/h2-3,10H,4-9,11H2,1H3. The van der Waals surface area contributed by atoms with E-state index in [1.54, 1.807) is 16.7 Å². The van der Waals surface area contributed by atoms with Crippen LogP contribution in [0.2, 0.25) is 0 Å². The van der Waals surface area contributed by atoms with Gasteiger partial charge >= 0.3 is 0 Å². The van der Waals surface area contributed by atoms with Crippen molar-refractivity contribution in [2.45, 2.75) is 51.9 Å². The van der Waals surface area contributed by atoms with Gasteiger partial charge in [-0.15, -0.1) is 0 Å². The zero-order valence-corrected chi connectivity index (χ0v) is 9.18. The van der Waals surface area contributed by atoms with Gasteiger partial charge in [0, 0.05) is 0 Å². The van der Waals surface area contributed by atoms with Crippen LogP contribution in [0.25, 0.3) is 0 Å². The van der Waals surface area contributed by atoms with Crippen LogP contribution in [-0.2, 0) is 0 Å². The molecular formula is C14H20. The van der Waals surface area contributed by atoms with Gasteiger partial charge in [-0.05, 0) is 63.0 Å². The van der Waals surface area contributed by atoms with Crippen LogP contribution in [0, 0.1) is 0 Å². The van der Waals surface area contributed by atoms with Crippen molar-refractivity contribution in [2.75, 3.05) is 0 Å². The van der Waals surface area contributed by atoms with Gasteiger partial charge in [-0.1, -0.05) is 23.8 Å². The van der Waals surface area contributed by atoms with Crippen molar-refractivity contribution in [1.82, 2.24) is 0 Å². The van der Waals surface area contributed by atoms with Crippen LogP contribution in [-0.4, -0.2) is 0 Å². The first-order valence-electron chi connectivity index (χ1n) is 5.91. The molecule has 14 heavy (non-hydrogen) atoms. The lowest BCUT2D eigenvalue weighted by atomic mass is 9.95. The Kier molecular flexibility index (Phi) is 3.23. The second kappa shape index (κ2) is 4.63. The molecule has 0 heterocycles. The SMILES string of the molecule is CC1=C(C2=CCCC=CCC2)CCC1. The number of hydrogen-bond acceptors (Lipinski definition) is 0. The quantitative estimate of drug-likeness (QED) is 0.530. The largest absolute Gasteiger partial charge is 0.0882 e. The minimum atomic E-state index is 1.23. The van der Waals surface area contributed by atoms with E-state index in [9.17, 15) is 0 Å². The third-order valence-electron chi connectivity index (χ3n) is 3.35. The summed E-state index contributed by atoms with van der Waals surface area (Å²) in [5, 5.41) is 0. The highest BCUT2D eigenvalue weighted by molar-refractivity contribution is 5.37. The summed E-state index contributed by atoms with van der Waals surface area (Å²) in [5.74, 6) is 0. The van der Waals surface area contributed by atoms with Gasteiger partial charge in [0.25, 0.3) is 0 Å². The highest BCUT2D eigenvalue weighted by Crippen LogP contribution is 2.33. The Morgan fingerprint density at radius 3 is 2.57 bits per heavy atom. The van der Waals surface area contributed by atoms with E-state index in [-0.39, 0.29) is 0 Å². The van der Waals surface area contributed by atoms with Crippen LogP contribution < -0.4 is 0 Å². The Hall–Kier alpha value is -0.780. The lowest BCUT2D eigenvalue weighted by molar-refractivity contribution is 0.867.